The van der Waals surface area contributed by atoms with Gasteiger partial charge in [-0.3, -0.25) is 5.41 Å². The van der Waals surface area contributed by atoms with Crippen molar-refractivity contribution >= 4 is 27.6 Å². The van der Waals surface area contributed by atoms with Crippen molar-refractivity contribution in [1.29, 1.82) is 10.9 Å². The predicted octanol–water partition coefficient (Wildman–Crippen LogP) is 5.21. The lowest BCUT2D eigenvalue weighted by Crippen LogP contribution is -2.00. The number of hydrogen-bond donors (Lipinski definition) is 2. The van der Waals surface area contributed by atoms with Crippen molar-refractivity contribution in [2.75, 3.05) is 7.11 Å². The van der Waals surface area contributed by atoms with Gasteiger partial charge in [0.1, 0.15) is 5.75 Å². The molecule has 1 aromatic heterocycles. The van der Waals surface area contributed by atoms with E-state index in [2.05, 4.69) is 33.9 Å². The fourth-order valence-corrected chi connectivity index (χ4v) is 3.35. The molecule has 0 fully saturated rings. The van der Waals surface area contributed by atoms with Gasteiger partial charge in [0.2, 0.25) is 0 Å². The molecule has 0 aliphatic heterocycles. The Balaban J connectivity index is 1.89. The van der Waals surface area contributed by atoms with Crippen LogP contribution in [0.3, 0.4) is 0 Å². The zero-order chi connectivity index (χ0) is 18.1. The summed E-state index contributed by atoms with van der Waals surface area (Å²) in [5.74, 6) is 0.817. The van der Waals surface area contributed by atoms with Crippen LogP contribution in [0.15, 0.2) is 71.8 Å². The average Bonchev–Trinajstić information content (AvgIpc) is 3.01. The number of rotatable bonds is 4. The number of fused-ring (bicyclic) bond motifs is 3. The van der Waals surface area contributed by atoms with E-state index in [1.165, 1.54) is 5.56 Å². The summed E-state index contributed by atoms with van der Waals surface area (Å²) in [4.78, 5) is 0. The third-order valence-corrected chi connectivity index (χ3v) is 4.66. The van der Waals surface area contributed by atoms with E-state index in [4.69, 9.17) is 15.7 Å². The van der Waals surface area contributed by atoms with Crippen LogP contribution in [0.4, 0.5) is 0 Å². The molecule has 0 aliphatic carbocycles. The standard InChI is InChI=1S/C21H18N4O/c1-26-16-9-6-14(7-10-16)13-25-19-5-3-2-4-17(19)18-12-15(21(22)24-23)8-11-20(18)25/h2-12,22-23H,13H2,1H3. The maximum Gasteiger partial charge on any atom is 0.173 e. The molecule has 5 nitrogen and oxygen atoms in total. The minimum Gasteiger partial charge on any atom is -0.497 e. The first-order valence-electron chi connectivity index (χ1n) is 8.31. The van der Waals surface area contributed by atoms with Crippen LogP contribution in [0.2, 0.25) is 0 Å². The Morgan fingerprint density at radius 1 is 0.962 bits per heavy atom. The van der Waals surface area contributed by atoms with Crippen molar-refractivity contribution in [3.63, 3.8) is 0 Å². The third-order valence-electron chi connectivity index (χ3n) is 4.66. The van der Waals surface area contributed by atoms with E-state index < -0.39 is 0 Å². The number of hydrogen-bond acceptors (Lipinski definition) is 3. The number of amidine groups is 1. The van der Waals surface area contributed by atoms with Crippen molar-refractivity contribution in [2.24, 2.45) is 5.11 Å². The summed E-state index contributed by atoms with van der Waals surface area (Å²) >= 11 is 0. The SMILES string of the molecule is COc1ccc(Cn2c3ccccc3c3cc(C(=N)N=N)ccc32)cc1. The lowest BCUT2D eigenvalue weighted by molar-refractivity contribution is 0.414. The second-order valence-corrected chi connectivity index (χ2v) is 6.14. The van der Waals surface area contributed by atoms with Gasteiger partial charge >= 0.3 is 0 Å². The van der Waals surface area contributed by atoms with Crippen LogP contribution in [0.1, 0.15) is 11.1 Å². The molecule has 0 radical (unpaired) electrons. The fraction of sp³-hybridized carbons (Fsp3) is 0.0952. The molecule has 5 heteroatoms. The summed E-state index contributed by atoms with van der Waals surface area (Å²) < 4.78 is 7.52. The normalized spacial score (nSPS) is 11.0. The zero-order valence-electron chi connectivity index (χ0n) is 14.4. The Hall–Kier alpha value is -3.47. The molecule has 4 aromatic rings. The van der Waals surface area contributed by atoms with Gasteiger partial charge in [-0.1, -0.05) is 30.3 Å². The van der Waals surface area contributed by atoms with Crippen LogP contribution in [0.25, 0.3) is 21.8 Å². The second-order valence-electron chi connectivity index (χ2n) is 6.14. The summed E-state index contributed by atoms with van der Waals surface area (Å²) in [6, 6.07) is 22.1. The first kappa shape index (κ1) is 16.0. The smallest absolute Gasteiger partial charge is 0.173 e. The van der Waals surface area contributed by atoms with Crippen LogP contribution in [-0.4, -0.2) is 17.5 Å². The molecule has 1 heterocycles. The quantitative estimate of drug-likeness (QED) is 0.298. The first-order valence-corrected chi connectivity index (χ1v) is 8.31. The Kier molecular flexibility index (Phi) is 3.97. The van der Waals surface area contributed by atoms with Gasteiger partial charge in [-0.2, -0.15) is 0 Å². The van der Waals surface area contributed by atoms with Gasteiger partial charge in [0, 0.05) is 33.9 Å². The second kappa shape index (κ2) is 6.44. The zero-order valence-corrected chi connectivity index (χ0v) is 14.4. The number of nitrogens with zero attached hydrogens (tertiary/aromatic N) is 2. The lowest BCUT2D eigenvalue weighted by Gasteiger charge is -2.09. The van der Waals surface area contributed by atoms with Gasteiger partial charge in [0.15, 0.2) is 5.84 Å². The molecule has 0 saturated carbocycles. The minimum absolute atomic E-state index is 0.0288. The number of aromatic nitrogens is 1. The van der Waals surface area contributed by atoms with Crippen molar-refractivity contribution in [1.82, 2.24) is 4.57 Å². The van der Waals surface area contributed by atoms with Crippen molar-refractivity contribution < 1.29 is 4.74 Å². The maximum absolute atomic E-state index is 7.81. The molecular weight excluding hydrogens is 324 g/mol. The number of benzene rings is 3. The minimum atomic E-state index is -0.0288. The molecule has 4 rings (SSSR count). The highest BCUT2D eigenvalue weighted by Crippen LogP contribution is 2.31. The number of methoxy groups -OCH3 is 1. The Bertz CT molecular complexity index is 1130. The molecule has 0 atom stereocenters. The Labute approximate surface area is 150 Å². The van der Waals surface area contributed by atoms with E-state index in [9.17, 15) is 0 Å². The van der Waals surface area contributed by atoms with Crippen LogP contribution in [0, 0.1) is 10.9 Å². The fourth-order valence-electron chi connectivity index (χ4n) is 3.35. The van der Waals surface area contributed by atoms with Gasteiger partial charge < -0.3 is 9.30 Å². The summed E-state index contributed by atoms with van der Waals surface area (Å²) in [7, 11) is 1.67. The molecule has 0 aliphatic rings. The van der Waals surface area contributed by atoms with Gasteiger partial charge in [-0.15, -0.1) is 5.11 Å². The average molecular weight is 342 g/mol. The van der Waals surface area contributed by atoms with E-state index in [0.717, 1.165) is 34.1 Å². The van der Waals surface area contributed by atoms with Crippen LogP contribution >= 0.6 is 0 Å². The monoisotopic (exact) mass is 342 g/mol. The van der Waals surface area contributed by atoms with Crippen LogP contribution in [-0.2, 0) is 6.54 Å². The molecule has 0 bridgehead atoms. The highest BCUT2D eigenvalue weighted by atomic mass is 16.5. The number of nitrogens with one attached hydrogen (secondary N) is 2. The number of para-hydroxylation sites is 1. The summed E-state index contributed by atoms with van der Waals surface area (Å²) in [6.07, 6.45) is 0. The molecule has 0 spiro atoms. The molecule has 0 amide bonds. The van der Waals surface area contributed by atoms with E-state index in [-0.39, 0.29) is 5.84 Å². The van der Waals surface area contributed by atoms with Gasteiger partial charge in [0.25, 0.3) is 0 Å². The molecule has 128 valence electrons. The molecule has 0 saturated heterocycles. The molecular formula is C21H18N4O. The third kappa shape index (κ3) is 2.63. The first-order chi connectivity index (χ1) is 12.7. The topological polar surface area (TPSA) is 74.2 Å². The Morgan fingerprint density at radius 3 is 2.42 bits per heavy atom. The van der Waals surface area contributed by atoms with Gasteiger partial charge in [-0.25, -0.2) is 5.53 Å². The van der Waals surface area contributed by atoms with Crippen LogP contribution in [0.5, 0.6) is 5.75 Å². The summed E-state index contributed by atoms with van der Waals surface area (Å²) in [5.41, 5.74) is 11.2. The van der Waals surface area contributed by atoms with Gasteiger partial charge in [-0.05, 0) is 42.0 Å². The summed E-state index contributed by atoms with van der Waals surface area (Å²) in [6.45, 7) is 0.744. The van der Waals surface area contributed by atoms with Crippen molar-refractivity contribution in [3.8, 4) is 5.75 Å². The highest BCUT2D eigenvalue weighted by Gasteiger charge is 2.12. The van der Waals surface area contributed by atoms with E-state index in [1.54, 1.807) is 7.11 Å². The van der Waals surface area contributed by atoms with Crippen molar-refractivity contribution in [3.05, 3.63) is 77.9 Å². The molecule has 2 N–H and O–H groups in total. The van der Waals surface area contributed by atoms with E-state index in [0.29, 0.717) is 5.56 Å². The maximum atomic E-state index is 7.81. The molecule has 3 aromatic carbocycles. The Morgan fingerprint density at radius 2 is 1.69 bits per heavy atom. The predicted molar refractivity (Wildman–Crippen MR) is 104 cm³/mol. The van der Waals surface area contributed by atoms with Gasteiger partial charge in [0.05, 0.1) is 7.11 Å². The molecule has 26 heavy (non-hydrogen) atoms. The number of ether oxygens (including phenoxy) is 1. The largest absolute Gasteiger partial charge is 0.497 e. The van der Waals surface area contributed by atoms with E-state index in [1.807, 2.05) is 42.5 Å². The summed E-state index contributed by atoms with van der Waals surface area (Å²) in [5, 5.41) is 13.3. The van der Waals surface area contributed by atoms with Crippen LogP contribution < -0.4 is 4.74 Å². The highest BCUT2D eigenvalue weighted by molar-refractivity contribution is 6.11. The lowest BCUT2D eigenvalue weighted by atomic mass is 10.1. The molecule has 0 unspecified atom stereocenters. The van der Waals surface area contributed by atoms with Crippen molar-refractivity contribution in [2.45, 2.75) is 6.54 Å². The van der Waals surface area contributed by atoms with E-state index >= 15 is 0 Å².